The van der Waals surface area contributed by atoms with Gasteiger partial charge in [0.15, 0.2) is 0 Å². The number of rotatable bonds is 1. The van der Waals surface area contributed by atoms with Gasteiger partial charge in [0, 0.05) is 17.0 Å². The fourth-order valence-electron chi connectivity index (χ4n) is 1.43. The van der Waals surface area contributed by atoms with E-state index in [9.17, 15) is 0 Å². The van der Waals surface area contributed by atoms with Crippen LogP contribution in [0, 0.1) is 24.2 Å². The van der Waals surface area contributed by atoms with Crippen molar-refractivity contribution in [2.24, 2.45) is 5.41 Å². The van der Waals surface area contributed by atoms with Crippen molar-refractivity contribution in [2.45, 2.75) is 46.5 Å². The van der Waals surface area contributed by atoms with E-state index in [2.05, 4.69) is 42.6 Å². The maximum atomic E-state index is 4.51. The minimum atomic E-state index is 0.0264. The fraction of sp³-hybridized carbons (Fsp3) is 0.571. The van der Waals surface area contributed by atoms with Gasteiger partial charge in [0.2, 0.25) is 0 Å². The lowest BCUT2D eigenvalue weighted by Crippen LogP contribution is -2.01. The van der Waals surface area contributed by atoms with Crippen LogP contribution >= 0.6 is 0 Å². The lowest BCUT2D eigenvalue weighted by atomic mass is 9.98. The van der Waals surface area contributed by atoms with Gasteiger partial charge in [-0.3, -0.25) is 0 Å². The first kappa shape index (κ1) is 11.1. The van der Waals surface area contributed by atoms with Crippen LogP contribution in [0.1, 0.15) is 56.7 Å². The van der Waals surface area contributed by atoms with Gasteiger partial charge in [-0.1, -0.05) is 5.92 Å². The number of hydrogen-bond acceptors (Lipinski definition) is 2. The lowest BCUT2D eigenvalue weighted by Gasteiger charge is -2.07. The molecular weight excluding hydrogens is 196 g/mol. The molecule has 1 aliphatic rings. The lowest BCUT2D eigenvalue weighted by molar-refractivity contribution is 0.571. The average molecular weight is 214 g/mol. The van der Waals surface area contributed by atoms with Crippen molar-refractivity contribution in [1.82, 2.24) is 9.97 Å². The van der Waals surface area contributed by atoms with Gasteiger partial charge in [0.25, 0.3) is 0 Å². The van der Waals surface area contributed by atoms with Crippen molar-refractivity contribution in [3.8, 4) is 11.8 Å². The van der Waals surface area contributed by atoms with Crippen LogP contribution < -0.4 is 0 Å². The summed E-state index contributed by atoms with van der Waals surface area (Å²) in [5.74, 6) is 7.94. The Morgan fingerprint density at radius 1 is 1.25 bits per heavy atom. The molecule has 2 rings (SSSR count). The van der Waals surface area contributed by atoms with Gasteiger partial charge in [-0.25, -0.2) is 9.97 Å². The van der Waals surface area contributed by atoms with E-state index in [1.807, 2.05) is 13.0 Å². The Kier molecular flexibility index (Phi) is 2.71. The minimum Gasteiger partial charge on any atom is -0.238 e. The summed E-state index contributed by atoms with van der Waals surface area (Å²) in [6.45, 7) is 8.33. The molecule has 16 heavy (non-hydrogen) atoms. The molecule has 0 bridgehead atoms. The van der Waals surface area contributed by atoms with Gasteiger partial charge in [-0.05, 0) is 52.5 Å². The van der Waals surface area contributed by atoms with E-state index in [4.69, 9.17) is 0 Å². The summed E-state index contributed by atoms with van der Waals surface area (Å²) in [6, 6.07) is 1.96. The molecule has 0 spiro atoms. The fourth-order valence-corrected chi connectivity index (χ4v) is 1.43. The molecule has 1 aliphatic carbocycles. The molecule has 1 aromatic heterocycles. The van der Waals surface area contributed by atoms with E-state index in [-0.39, 0.29) is 5.41 Å². The molecule has 1 heterocycles. The monoisotopic (exact) mass is 214 g/mol. The zero-order valence-electron chi connectivity index (χ0n) is 10.5. The number of aromatic nitrogens is 2. The van der Waals surface area contributed by atoms with E-state index in [0.717, 1.165) is 17.2 Å². The summed E-state index contributed by atoms with van der Waals surface area (Å²) in [7, 11) is 0. The van der Waals surface area contributed by atoms with Crippen molar-refractivity contribution in [2.75, 3.05) is 0 Å². The summed E-state index contributed by atoms with van der Waals surface area (Å²) >= 11 is 0. The predicted octanol–water partition coefficient (Wildman–Crippen LogP) is 3.06. The topological polar surface area (TPSA) is 25.8 Å². The smallest absolute Gasteiger partial charge is 0.133 e. The second-order valence-corrected chi connectivity index (χ2v) is 5.53. The molecule has 1 saturated carbocycles. The molecule has 2 nitrogen and oxygen atoms in total. The maximum Gasteiger partial charge on any atom is 0.133 e. The highest BCUT2D eigenvalue weighted by atomic mass is 14.9. The molecule has 0 unspecified atom stereocenters. The molecule has 1 aromatic rings. The van der Waals surface area contributed by atoms with Gasteiger partial charge in [0.1, 0.15) is 11.5 Å². The number of nitrogens with zero attached hydrogens (tertiary/aromatic N) is 2. The van der Waals surface area contributed by atoms with Crippen LogP contribution in [-0.4, -0.2) is 9.97 Å². The van der Waals surface area contributed by atoms with Crippen LogP contribution in [0.3, 0.4) is 0 Å². The Balaban J connectivity index is 2.29. The van der Waals surface area contributed by atoms with Crippen LogP contribution in [0.5, 0.6) is 0 Å². The summed E-state index contributed by atoms with van der Waals surface area (Å²) in [6.07, 6.45) is 2.46. The Morgan fingerprint density at radius 2 is 1.94 bits per heavy atom. The van der Waals surface area contributed by atoms with E-state index in [1.165, 1.54) is 12.8 Å². The molecule has 0 amide bonds. The molecule has 0 N–H and O–H groups in total. The van der Waals surface area contributed by atoms with Gasteiger partial charge in [-0.15, -0.1) is 0 Å². The van der Waals surface area contributed by atoms with Crippen molar-refractivity contribution in [3.63, 3.8) is 0 Å². The summed E-state index contributed by atoms with van der Waals surface area (Å²) in [5, 5.41) is 0. The highest BCUT2D eigenvalue weighted by molar-refractivity contribution is 5.31. The van der Waals surface area contributed by atoms with Crippen LogP contribution in [0.15, 0.2) is 6.07 Å². The predicted molar refractivity (Wildman–Crippen MR) is 65.1 cm³/mol. The highest BCUT2D eigenvalue weighted by Gasteiger charge is 2.26. The van der Waals surface area contributed by atoms with Crippen LogP contribution in [0.25, 0.3) is 0 Å². The Bertz CT molecular complexity index is 454. The second-order valence-electron chi connectivity index (χ2n) is 5.53. The third kappa shape index (κ3) is 3.06. The van der Waals surface area contributed by atoms with Gasteiger partial charge in [0.05, 0.1) is 0 Å². The van der Waals surface area contributed by atoms with Gasteiger partial charge >= 0.3 is 0 Å². The van der Waals surface area contributed by atoms with Crippen LogP contribution in [0.4, 0.5) is 0 Å². The van der Waals surface area contributed by atoms with Crippen molar-refractivity contribution in [3.05, 3.63) is 23.3 Å². The zero-order chi connectivity index (χ0) is 11.8. The Morgan fingerprint density at radius 3 is 2.50 bits per heavy atom. The van der Waals surface area contributed by atoms with Gasteiger partial charge < -0.3 is 0 Å². The molecule has 0 saturated heterocycles. The Hall–Kier alpha value is -1.36. The first-order chi connectivity index (χ1) is 7.44. The quantitative estimate of drug-likeness (QED) is 0.671. The van der Waals surface area contributed by atoms with Gasteiger partial charge in [-0.2, -0.15) is 0 Å². The molecular formula is C14H18N2. The first-order valence-corrected chi connectivity index (χ1v) is 5.83. The zero-order valence-corrected chi connectivity index (χ0v) is 10.5. The molecule has 0 aliphatic heterocycles. The number of aryl methyl sites for hydroxylation is 1. The normalized spacial score (nSPS) is 15.5. The van der Waals surface area contributed by atoms with Crippen molar-refractivity contribution < 1.29 is 0 Å². The molecule has 84 valence electrons. The number of hydrogen-bond donors (Lipinski definition) is 0. The Labute approximate surface area is 97.5 Å². The van der Waals surface area contributed by atoms with E-state index in [1.54, 1.807) is 0 Å². The van der Waals surface area contributed by atoms with Crippen molar-refractivity contribution >= 4 is 0 Å². The standard InChI is InChI=1S/C14H18N2/c1-10-9-12(7-8-14(2,3)4)16-13(15-10)11-5-6-11/h9,11H,5-6H2,1-4H3. The molecule has 2 heteroatoms. The first-order valence-electron chi connectivity index (χ1n) is 5.83. The molecule has 0 radical (unpaired) electrons. The minimum absolute atomic E-state index is 0.0264. The van der Waals surface area contributed by atoms with Crippen molar-refractivity contribution in [1.29, 1.82) is 0 Å². The third-order valence-electron chi connectivity index (χ3n) is 2.38. The average Bonchev–Trinajstić information content (AvgIpc) is 2.95. The van der Waals surface area contributed by atoms with E-state index < -0.39 is 0 Å². The summed E-state index contributed by atoms with van der Waals surface area (Å²) in [5.41, 5.74) is 1.91. The summed E-state index contributed by atoms with van der Waals surface area (Å²) < 4.78 is 0. The van der Waals surface area contributed by atoms with Crippen LogP contribution in [-0.2, 0) is 0 Å². The van der Waals surface area contributed by atoms with E-state index >= 15 is 0 Å². The second kappa shape index (κ2) is 3.90. The van der Waals surface area contributed by atoms with E-state index in [0.29, 0.717) is 5.92 Å². The maximum absolute atomic E-state index is 4.51. The molecule has 0 atom stereocenters. The third-order valence-corrected chi connectivity index (χ3v) is 2.38. The highest BCUT2D eigenvalue weighted by Crippen LogP contribution is 2.37. The molecule has 1 fully saturated rings. The van der Waals surface area contributed by atoms with Crippen LogP contribution in [0.2, 0.25) is 0 Å². The summed E-state index contributed by atoms with van der Waals surface area (Å²) in [4.78, 5) is 8.98. The SMILES string of the molecule is Cc1cc(C#CC(C)(C)C)nc(C2CC2)n1. The largest absolute Gasteiger partial charge is 0.238 e. The molecule has 0 aromatic carbocycles.